The smallest absolute Gasteiger partial charge is 0.253 e. The van der Waals surface area contributed by atoms with Gasteiger partial charge in [-0.1, -0.05) is 36.2 Å². The number of halogens is 1. The monoisotopic (exact) mass is 450 g/mol. The molecule has 0 spiro atoms. The number of piperidine rings is 1. The number of rotatable bonds is 4. The first-order valence-electron chi connectivity index (χ1n) is 9.79. The second-order valence-electron chi connectivity index (χ2n) is 7.31. The van der Waals surface area contributed by atoms with Crippen LogP contribution < -0.4 is 5.32 Å². The Balaban J connectivity index is 1.59. The largest absolute Gasteiger partial charge is 0.345 e. The molecule has 0 radical (unpaired) electrons. The van der Waals surface area contributed by atoms with E-state index >= 15 is 0 Å². The van der Waals surface area contributed by atoms with Crippen LogP contribution in [0.3, 0.4) is 0 Å². The summed E-state index contributed by atoms with van der Waals surface area (Å²) in [5.41, 5.74) is 1.28. The molecule has 0 unspecified atom stereocenters. The minimum atomic E-state index is -3.63. The molecule has 1 amide bonds. The van der Waals surface area contributed by atoms with Crippen molar-refractivity contribution in [1.29, 1.82) is 0 Å². The van der Waals surface area contributed by atoms with Gasteiger partial charge in [0, 0.05) is 23.7 Å². The molecule has 2 aromatic carbocycles. The number of benzene rings is 2. The second kappa shape index (κ2) is 8.68. The van der Waals surface area contributed by atoms with Crippen molar-refractivity contribution in [3.63, 3.8) is 0 Å². The zero-order valence-electron chi connectivity index (χ0n) is 15.9. The van der Waals surface area contributed by atoms with Gasteiger partial charge in [0.1, 0.15) is 0 Å². The molecule has 154 valence electrons. The Morgan fingerprint density at radius 2 is 1.86 bits per heavy atom. The van der Waals surface area contributed by atoms with Gasteiger partial charge in [0.25, 0.3) is 5.91 Å². The molecule has 0 aromatic heterocycles. The van der Waals surface area contributed by atoms with E-state index in [0.29, 0.717) is 13.1 Å². The van der Waals surface area contributed by atoms with Crippen LogP contribution >= 0.6 is 23.4 Å². The van der Waals surface area contributed by atoms with Gasteiger partial charge in [-0.25, -0.2) is 8.42 Å². The lowest BCUT2D eigenvalue weighted by Crippen LogP contribution is -2.36. The second-order valence-corrected chi connectivity index (χ2v) is 10.8. The summed E-state index contributed by atoms with van der Waals surface area (Å²) in [5.74, 6) is 0.566. The van der Waals surface area contributed by atoms with E-state index in [1.54, 1.807) is 11.8 Å². The van der Waals surface area contributed by atoms with Gasteiger partial charge in [-0.3, -0.25) is 4.79 Å². The summed E-state index contributed by atoms with van der Waals surface area (Å²) in [5, 5.41) is 3.29. The number of hydrogen-bond donors (Lipinski definition) is 1. The first kappa shape index (κ1) is 20.7. The van der Waals surface area contributed by atoms with Crippen LogP contribution in [0.2, 0.25) is 5.02 Å². The van der Waals surface area contributed by atoms with Crippen molar-refractivity contribution in [2.24, 2.45) is 0 Å². The number of carbonyl (C=O) groups excluding carboxylic acids is 1. The Bertz CT molecular complexity index is 1020. The highest BCUT2D eigenvalue weighted by Crippen LogP contribution is 2.36. The normalized spacial score (nSPS) is 20.1. The number of fused-ring (bicyclic) bond motifs is 1. The maximum Gasteiger partial charge on any atom is 0.253 e. The Morgan fingerprint density at radius 3 is 2.66 bits per heavy atom. The summed E-state index contributed by atoms with van der Waals surface area (Å²) in [4.78, 5) is 14.3. The molecule has 2 aliphatic heterocycles. The van der Waals surface area contributed by atoms with Crippen LogP contribution in [0.25, 0.3) is 0 Å². The number of amides is 1. The fourth-order valence-electron chi connectivity index (χ4n) is 3.82. The number of nitrogens with zero attached hydrogens (tertiary/aromatic N) is 1. The van der Waals surface area contributed by atoms with Crippen molar-refractivity contribution in [3.8, 4) is 0 Å². The van der Waals surface area contributed by atoms with Crippen molar-refractivity contribution in [3.05, 3.63) is 58.6 Å². The summed E-state index contributed by atoms with van der Waals surface area (Å²) in [6, 6.07) is 12.3. The highest BCUT2D eigenvalue weighted by Gasteiger charge is 2.28. The average molecular weight is 451 g/mol. The van der Waals surface area contributed by atoms with Crippen LogP contribution in [0.15, 0.2) is 52.3 Å². The summed E-state index contributed by atoms with van der Waals surface area (Å²) in [7, 11) is -3.63. The van der Waals surface area contributed by atoms with E-state index in [1.807, 2.05) is 18.2 Å². The third kappa shape index (κ3) is 4.33. The molecule has 2 aromatic rings. The van der Waals surface area contributed by atoms with Crippen molar-refractivity contribution in [1.82, 2.24) is 9.62 Å². The lowest BCUT2D eigenvalue weighted by Gasteiger charge is -2.27. The lowest BCUT2D eigenvalue weighted by atomic mass is 10.0. The standard InChI is InChI=1S/C21H23ClN2O3S2/c22-18-9-8-15(29(26,27)24-11-4-1-5-12-24)14-17(18)21(25)23-19-10-13-28-20-7-3-2-6-16(19)20/h2-3,6-9,14,19H,1,4-5,10-13H2,(H,23,25)/t19-/m1/s1. The molecular formula is C21H23ClN2O3S2. The predicted molar refractivity (Wildman–Crippen MR) is 116 cm³/mol. The Hall–Kier alpha value is -1.54. The first-order chi connectivity index (χ1) is 14.0. The zero-order valence-corrected chi connectivity index (χ0v) is 18.3. The van der Waals surface area contributed by atoms with Gasteiger partial charge in [-0.2, -0.15) is 4.31 Å². The number of carbonyl (C=O) groups is 1. The minimum absolute atomic E-state index is 0.113. The molecule has 5 nitrogen and oxygen atoms in total. The van der Waals surface area contributed by atoms with E-state index in [-0.39, 0.29) is 27.4 Å². The van der Waals surface area contributed by atoms with Crippen LogP contribution in [0, 0.1) is 0 Å². The molecule has 1 saturated heterocycles. The number of nitrogens with one attached hydrogen (secondary N) is 1. The van der Waals surface area contributed by atoms with Crippen LogP contribution in [0.4, 0.5) is 0 Å². The molecule has 0 bridgehead atoms. The Morgan fingerprint density at radius 1 is 1.10 bits per heavy atom. The summed E-state index contributed by atoms with van der Waals surface area (Å²) >= 11 is 8.05. The van der Waals surface area contributed by atoms with Crippen LogP contribution in [-0.4, -0.2) is 37.5 Å². The van der Waals surface area contributed by atoms with Crippen molar-refractivity contribution < 1.29 is 13.2 Å². The van der Waals surface area contributed by atoms with E-state index in [1.165, 1.54) is 22.5 Å². The molecule has 1 atom stereocenters. The van der Waals surface area contributed by atoms with Gasteiger partial charge in [0.15, 0.2) is 0 Å². The van der Waals surface area contributed by atoms with Gasteiger partial charge >= 0.3 is 0 Å². The van der Waals surface area contributed by atoms with Gasteiger partial charge in [0.2, 0.25) is 10.0 Å². The van der Waals surface area contributed by atoms with Gasteiger partial charge < -0.3 is 5.32 Å². The fraction of sp³-hybridized carbons (Fsp3) is 0.381. The van der Waals surface area contributed by atoms with E-state index in [9.17, 15) is 13.2 Å². The quantitative estimate of drug-likeness (QED) is 0.745. The topological polar surface area (TPSA) is 66.5 Å². The third-order valence-electron chi connectivity index (χ3n) is 5.40. The molecule has 2 heterocycles. The SMILES string of the molecule is O=C(N[C@@H]1CCSc2ccccc21)c1cc(S(=O)(=O)N2CCCCC2)ccc1Cl. The molecule has 4 rings (SSSR count). The highest BCUT2D eigenvalue weighted by molar-refractivity contribution is 7.99. The molecular weight excluding hydrogens is 428 g/mol. The summed E-state index contributed by atoms with van der Waals surface area (Å²) in [6.07, 6.45) is 3.58. The molecule has 8 heteroatoms. The van der Waals surface area contributed by atoms with Crippen molar-refractivity contribution in [2.75, 3.05) is 18.8 Å². The van der Waals surface area contributed by atoms with E-state index in [4.69, 9.17) is 11.6 Å². The van der Waals surface area contributed by atoms with Crippen LogP contribution in [0.5, 0.6) is 0 Å². The summed E-state index contributed by atoms with van der Waals surface area (Å²) < 4.78 is 27.4. The third-order valence-corrected chi connectivity index (χ3v) is 8.75. The molecule has 2 aliphatic rings. The average Bonchev–Trinajstić information content (AvgIpc) is 2.75. The van der Waals surface area contributed by atoms with Gasteiger partial charge in [-0.15, -0.1) is 11.8 Å². The van der Waals surface area contributed by atoms with Gasteiger partial charge in [-0.05, 0) is 49.1 Å². The first-order valence-corrected chi connectivity index (χ1v) is 12.6. The minimum Gasteiger partial charge on any atom is -0.345 e. The predicted octanol–water partition coefficient (Wildman–Crippen LogP) is 4.48. The van der Waals surface area contributed by atoms with Crippen molar-refractivity contribution >= 4 is 39.3 Å². The highest BCUT2D eigenvalue weighted by atomic mass is 35.5. The number of hydrogen-bond acceptors (Lipinski definition) is 4. The molecule has 0 saturated carbocycles. The molecule has 1 fully saturated rings. The van der Waals surface area contributed by atoms with E-state index in [0.717, 1.165) is 41.9 Å². The van der Waals surface area contributed by atoms with Crippen LogP contribution in [-0.2, 0) is 10.0 Å². The Labute approximate surface area is 180 Å². The maximum absolute atomic E-state index is 13.0. The van der Waals surface area contributed by atoms with E-state index in [2.05, 4.69) is 11.4 Å². The van der Waals surface area contributed by atoms with E-state index < -0.39 is 10.0 Å². The maximum atomic E-state index is 13.0. The fourth-order valence-corrected chi connectivity index (χ4v) is 6.69. The number of thioether (sulfide) groups is 1. The van der Waals surface area contributed by atoms with Gasteiger partial charge in [0.05, 0.1) is 21.5 Å². The van der Waals surface area contributed by atoms with Crippen molar-refractivity contribution in [2.45, 2.75) is 41.5 Å². The zero-order chi connectivity index (χ0) is 20.4. The summed E-state index contributed by atoms with van der Waals surface area (Å²) in [6.45, 7) is 1.03. The number of sulfonamides is 1. The lowest BCUT2D eigenvalue weighted by molar-refractivity contribution is 0.0935. The molecule has 1 N–H and O–H groups in total. The van der Waals surface area contributed by atoms with Crippen LogP contribution in [0.1, 0.15) is 47.6 Å². The molecule has 0 aliphatic carbocycles. The Kier molecular flexibility index (Phi) is 6.20. The molecule has 29 heavy (non-hydrogen) atoms.